The molecule has 0 N–H and O–H groups in total. The van der Waals surface area contributed by atoms with Gasteiger partial charge in [-0.05, 0) is 20.3 Å². The average Bonchev–Trinajstić information content (AvgIpc) is 2.82. The van der Waals surface area contributed by atoms with E-state index in [2.05, 4.69) is 4.98 Å². The van der Waals surface area contributed by atoms with E-state index in [-0.39, 0.29) is 18.5 Å². The van der Waals surface area contributed by atoms with Crippen molar-refractivity contribution < 1.29 is 14.3 Å². The highest BCUT2D eigenvalue weighted by Gasteiger charge is 2.34. The number of thiazole rings is 1. The van der Waals surface area contributed by atoms with Gasteiger partial charge in [0.1, 0.15) is 17.7 Å². The molecule has 2 rings (SSSR count). The lowest BCUT2D eigenvalue weighted by Gasteiger charge is -2.17. The number of aromatic nitrogens is 1. The van der Waals surface area contributed by atoms with Crippen LogP contribution >= 0.6 is 11.3 Å². The number of likely N-dealkylation sites (N-methyl/N-ethyl adjacent to an activating group) is 1. The van der Waals surface area contributed by atoms with Crippen LogP contribution in [0.15, 0.2) is 0 Å². The van der Waals surface area contributed by atoms with E-state index >= 15 is 0 Å². The van der Waals surface area contributed by atoms with Crippen LogP contribution in [-0.4, -0.2) is 34.8 Å². The van der Waals surface area contributed by atoms with E-state index in [1.165, 1.54) is 16.2 Å². The van der Waals surface area contributed by atoms with Crippen molar-refractivity contribution in [3.8, 4) is 0 Å². The number of rotatable bonds is 3. The van der Waals surface area contributed by atoms with E-state index < -0.39 is 6.04 Å². The van der Waals surface area contributed by atoms with E-state index in [0.717, 1.165) is 15.6 Å². The second-order valence-corrected chi connectivity index (χ2v) is 5.70. The molecule has 0 bridgehead atoms. The van der Waals surface area contributed by atoms with Crippen LogP contribution in [0.1, 0.15) is 28.4 Å². The van der Waals surface area contributed by atoms with E-state index in [1.54, 1.807) is 7.05 Å². The van der Waals surface area contributed by atoms with Gasteiger partial charge >= 0.3 is 5.97 Å². The molecule has 1 aliphatic rings. The van der Waals surface area contributed by atoms with Crippen molar-refractivity contribution in [3.63, 3.8) is 0 Å². The van der Waals surface area contributed by atoms with Crippen molar-refractivity contribution in [3.05, 3.63) is 15.6 Å². The molecule has 0 radical (unpaired) electrons. The molecule has 6 heteroatoms. The lowest BCUT2D eigenvalue weighted by atomic mass is 10.2. The first kappa shape index (κ1) is 13.0. The molecular weight excluding hydrogens is 252 g/mol. The van der Waals surface area contributed by atoms with Crippen molar-refractivity contribution in [1.29, 1.82) is 0 Å². The third-order valence-electron chi connectivity index (χ3n) is 3.18. The maximum Gasteiger partial charge on any atom is 0.329 e. The fraction of sp³-hybridized carbons (Fsp3) is 0.583. The quantitative estimate of drug-likeness (QED) is 0.778. The van der Waals surface area contributed by atoms with E-state index in [4.69, 9.17) is 4.74 Å². The molecule has 0 aliphatic carbocycles. The van der Waals surface area contributed by atoms with Crippen LogP contribution in [0.2, 0.25) is 0 Å². The summed E-state index contributed by atoms with van der Waals surface area (Å²) in [5.41, 5.74) is 0.971. The average molecular weight is 268 g/mol. The van der Waals surface area contributed by atoms with Crippen molar-refractivity contribution in [2.24, 2.45) is 0 Å². The molecule has 1 aromatic heterocycles. The van der Waals surface area contributed by atoms with Gasteiger partial charge in [0.25, 0.3) is 0 Å². The molecule has 18 heavy (non-hydrogen) atoms. The second kappa shape index (κ2) is 5.06. The minimum Gasteiger partial charge on any atom is -0.457 e. The van der Waals surface area contributed by atoms with Crippen molar-refractivity contribution >= 4 is 23.2 Å². The Morgan fingerprint density at radius 1 is 1.56 bits per heavy atom. The van der Waals surface area contributed by atoms with Crippen LogP contribution in [0.5, 0.6) is 0 Å². The number of esters is 1. The number of carbonyl (C=O) groups is 2. The lowest BCUT2D eigenvalue weighted by Crippen LogP contribution is -2.36. The van der Waals surface area contributed by atoms with Gasteiger partial charge in [-0.1, -0.05) is 0 Å². The first-order valence-electron chi connectivity index (χ1n) is 5.84. The Hall–Kier alpha value is -1.43. The number of hydrogen-bond acceptors (Lipinski definition) is 5. The maximum atomic E-state index is 11.8. The minimum atomic E-state index is -0.431. The maximum absolute atomic E-state index is 11.8. The first-order chi connectivity index (χ1) is 8.49. The molecule has 1 unspecified atom stereocenters. The molecule has 1 fully saturated rings. The summed E-state index contributed by atoms with van der Waals surface area (Å²) in [4.78, 5) is 30.0. The fourth-order valence-electron chi connectivity index (χ4n) is 1.91. The summed E-state index contributed by atoms with van der Waals surface area (Å²) in [5, 5.41) is 0.797. The van der Waals surface area contributed by atoms with Gasteiger partial charge in [0, 0.05) is 18.3 Å². The lowest BCUT2D eigenvalue weighted by molar-refractivity contribution is -0.152. The van der Waals surface area contributed by atoms with Crippen LogP contribution in [0.3, 0.4) is 0 Å². The van der Waals surface area contributed by atoms with E-state index in [1.807, 2.05) is 13.8 Å². The standard InChI is InChI=1S/C12H16N2O3S/c1-7-8(2)18-10(13-7)6-17-12(16)9-4-5-11(15)14(9)3/h9H,4-6H2,1-3H3. The summed E-state index contributed by atoms with van der Waals surface area (Å²) in [6.45, 7) is 4.11. The normalized spacial score (nSPS) is 19.4. The number of aryl methyl sites for hydroxylation is 2. The molecule has 5 nitrogen and oxygen atoms in total. The molecule has 1 aliphatic heterocycles. The summed E-state index contributed by atoms with van der Waals surface area (Å²) in [6, 6.07) is -0.431. The first-order valence-corrected chi connectivity index (χ1v) is 6.66. The monoisotopic (exact) mass is 268 g/mol. The highest BCUT2D eigenvalue weighted by molar-refractivity contribution is 7.11. The Morgan fingerprint density at radius 3 is 2.78 bits per heavy atom. The SMILES string of the molecule is Cc1nc(COC(=O)C2CCC(=O)N2C)sc1C. The molecule has 1 amide bonds. The van der Waals surface area contributed by atoms with Gasteiger partial charge in [0.05, 0.1) is 5.69 Å². The molecule has 0 spiro atoms. The van der Waals surface area contributed by atoms with Crippen molar-refractivity contribution in [2.45, 2.75) is 39.3 Å². The van der Waals surface area contributed by atoms with Gasteiger partial charge in [-0.2, -0.15) is 0 Å². The third kappa shape index (κ3) is 2.53. The summed E-state index contributed by atoms with van der Waals surface area (Å²) in [7, 11) is 1.64. The molecule has 0 saturated carbocycles. The number of carbonyl (C=O) groups excluding carboxylic acids is 2. The molecular formula is C12H16N2O3S. The molecule has 2 heterocycles. The van der Waals surface area contributed by atoms with Gasteiger partial charge in [0.2, 0.25) is 5.91 Å². The summed E-state index contributed by atoms with van der Waals surface area (Å²) in [6.07, 6.45) is 0.968. The number of likely N-dealkylation sites (tertiary alicyclic amines) is 1. The minimum absolute atomic E-state index is 0.00196. The Balaban J connectivity index is 1.90. The number of hydrogen-bond donors (Lipinski definition) is 0. The molecule has 1 aromatic rings. The third-order valence-corrected chi connectivity index (χ3v) is 4.22. The molecule has 98 valence electrons. The Labute approximate surface area is 110 Å². The zero-order chi connectivity index (χ0) is 13.3. The molecule has 1 atom stereocenters. The predicted molar refractivity (Wildman–Crippen MR) is 67.2 cm³/mol. The predicted octanol–water partition coefficient (Wildman–Crippen LogP) is 1.42. The summed E-state index contributed by atoms with van der Waals surface area (Å²) in [5.74, 6) is -0.341. The van der Waals surface area contributed by atoms with Crippen molar-refractivity contribution in [2.75, 3.05) is 7.05 Å². The molecule has 0 aromatic carbocycles. The molecule has 1 saturated heterocycles. The van der Waals surface area contributed by atoms with Crippen LogP contribution in [0.4, 0.5) is 0 Å². The van der Waals surface area contributed by atoms with Gasteiger partial charge in [-0.15, -0.1) is 11.3 Å². The number of ether oxygens (including phenoxy) is 1. The zero-order valence-electron chi connectivity index (χ0n) is 10.7. The smallest absolute Gasteiger partial charge is 0.329 e. The Kier molecular flexibility index (Phi) is 3.65. The Bertz CT molecular complexity index is 464. The number of nitrogens with zero attached hydrogens (tertiary/aromatic N) is 2. The Morgan fingerprint density at radius 2 is 2.28 bits per heavy atom. The van der Waals surface area contributed by atoms with Gasteiger partial charge in [-0.25, -0.2) is 9.78 Å². The summed E-state index contributed by atoms with van der Waals surface area (Å²) < 4.78 is 5.21. The van der Waals surface area contributed by atoms with Crippen LogP contribution in [0.25, 0.3) is 0 Å². The van der Waals surface area contributed by atoms with Crippen molar-refractivity contribution in [1.82, 2.24) is 9.88 Å². The fourth-order valence-corrected chi connectivity index (χ4v) is 2.76. The van der Waals surface area contributed by atoms with E-state index in [9.17, 15) is 9.59 Å². The largest absolute Gasteiger partial charge is 0.457 e. The van der Waals surface area contributed by atoms with Gasteiger partial charge in [-0.3, -0.25) is 4.79 Å². The zero-order valence-corrected chi connectivity index (χ0v) is 11.5. The highest BCUT2D eigenvalue weighted by Crippen LogP contribution is 2.20. The second-order valence-electron chi connectivity index (χ2n) is 4.42. The number of amides is 1. The summed E-state index contributed by atoms with van der Waals surface area (Å²) >= 11 is 1.53. The highest BCUT2D eigenvalue weighted by atomic mass is 32.1. The van der Waals surface area contributed by atoms with E-state index in [0.29, 0.717) is 12.8 Å². The van der Waals surface area contributed by atoms with Gasteiger partial charge < -0.3 is 9.64 Å². The topological polar surface area (TPSA) is 59.5 Å². The van der Waals surface area contributed by atoms with Crippen LogP contribution in [-0.2, 0) is 20.9 Å². The van der Waals surface area contributed by atoms with Crippen LogP contribution < -0.4 is 0 Å². The van der Waals surface area contributed by atoms with Gasteiger partial charge in [0.15, 0.2) is 0 Å². The van der Waals surface area contributed by atoms with Crippen LogP contribution in [0, 0.1) is 13.8 Å².